The van der Waals surface area contributed by atoms with Crippen LogP contribution in [0.1, 0.15) is 25.7 Å². The minimum atomic E-state index is 0.333. The van der Waals surface area contributed by atoms with E-state index in [2.05, 4.69) is 15.3 Å². The Bertz CT molecular complexity index is 642. The van der Waals surface area contributed by atoms with Gasteiger partial charge in [-0.15, -0.1) is 0 Å². The predicted octanol–water partition coefficient (Wildman–Crippen LogP) is 3.21. The predicted molar refractivity (Wildman–Crippen MR) is 85.4 cm³/mol. The zero-order valence-electron chi connectivity index (χ0n) is 12.6. The van der Waals surface area contributed by atoms with E-state index < -0.39 is 0 Å². The van der Waals surface area contributed by atoms with Crippen molar-refractivity contribution in [3.63, 3.8) is 0 Å². The number of hydrogen-bond donors (Lipinski definition) is 2. The molecule has 0 atom stereocenters. The molecule has 0 radical (unpaired) electrons. The van der Waals surface area contributed by atoms with Gasteiger partial charge in [-0.2, -0.15) is 4.98 Å². The highest BCUT2D eigenvalue weighted by atomic mass is 16.5. The number of nitrogens with two attached hydrogens (primary N) is 1. The van der Waals surface area contributed by atoms with Gasteiger partial charge >= 0.3 is 0 Å². The first-order chi connectivity index (χ1) is 10.8. The van der Waals surface area contributed by atoms with Crippen LogP contribution >= 0.6 is 0 Å². The summed E-state index contributed by atoms with van der Waals surface area (Å²) < 4.78 is 11.1. The highest BCUT2D eigenvalue weighted by Crippen LogP contribution is 2.35. The molecule has 1 saturated carbocycles. The van der Waals surface area contributed by atoms with Gasteiger partial charge in [0.05, 0.1) is 7.11 Å². The van der Waals surface area contributed by atoms with Crippen LogP contribution in [0.4, 0.5) is 11.5 Å². The molecule has 0 unspecified atom stereocenters. The molecular formula is C16H20N4O2. The van der Waals surface area contributed by atoms with E-state index in [1.165, 1.54) is 19.2 Å². The van der Waals surface area contributed by atoms with Gasteiger partial charge in [-0.1, -0.05) is 25.0 Å². The summed E-state index contributed by atoms with van der Waals surface area (Å²) in [5, 5.41) is 3.38. The van der Waals surface area contributed by atoms with Crippen LogP contribution in [0.15, 0.2) is 30.6 Å². The van der Waals surface area contributed by atoms with Crippen molar-refractivity contribution in [3.05, 3.63) is 30.6 Å². The molecule has 3 N–H and O–H groups in total. The van der Waals surface area contributed by atoms with Gasteiger partial charge in [0.2, 0.25) is 5.88 Å². The van der Waals surface area contributed by atoms with Gasteiger partial charge in [-0.3, -0.25) is 0 Å². The fourth-order valence-electron chi connectivity index (χ4n) is 2.65. The normalized spacial score (nSPS) is 14.8. The number of anilines is 2. The molecule has 0 spiro atoms. The van der Waals surface area contributed by atoms with E-state index in [9.17, 15) is 0 Å². The summed E-state index contributed by atoms with van der Waals surface area (Å²) in [6.45, 7) is 0. The van der Waals surface area contributed by atoms with Crippen LogP contribution in [0, 0.1) is 0 Å². The van der Waals surface area contributed by atoms with Crippen LogP contribution in [-0.4, -0.2) is 23.1 Å². The van der Waals surface area contributed by atoms with Gasteiger partial charge < -0.3 is 20.5 Å². The molecule has 1 aliphatic rings. The van der Waals surface area contributed by atoms with Crippen molar-refractivity contribution in [2.24, 2.45) is 0 Å². The first-order valence-corrected chi connectivity index (χ1v) is 7.46. The fraction of sp³-hybridized carbons (Fsp3) is 0.375. The quantitative estimate of drug-likeness (QED) is 0.882. The summed E-state index contributed by atoms with van der Waals surface area (Å²) >= 11 is 0. The SMILES string of the molecule is COc1ccccc1Oc1ncnc(NC2CCCC2)c1N. The number of nitrogen functional groups attached to an aromatic ring is 1. The second-order valence-corrected chi connectivity index (χ2v) is 5.32. The summed E-state index contributed by atoms with van der Waals surface area (Å²) in [5.41, 5.74) is 6.56. The molecule has 0 saturated heterocycles. The Morgan fingerprint density at radius 1 is 1.14 bits per heavy atom. The molecule has 0 bridgehead atoms. The van der Waals surface area contributed by atoms with Gasteiger partial charge in [0.1, 0.15) is 12.0 Å². The minimum Gasteiger partial charge on any atom is -0.493 e. The Kier molecular flexibility index (Phi) is 4.27. The van der Waals surface area contributed by atoms with Gasteiger partial charge in [-0.25, -0.2) is 4.98 Å². The lowest BCUT2D eigenvalue weighted by atomic mass is 10.2. The second-order valence-electron chi connectivity index (χ2n) is 5.32. The molecular weight excluding hydrogens is 280 g/mol. The van der Waals surface area contributed by atoms with Crippen molar-refractivity contribution < 1.29 is 9.47 Å². The van der Waals surface area contributed by atoms with Crippen LogP contribution in [0.25, 0.3) is 0 Å². The number of nitrogens with zero attached hydrogens (tertiary/aromatic N) is 2. The topological polar surface area (TPSA) is 82.3 Å². The number of ether oxygens (including phenoxy) is 2. The summed E-state index contributed by atoms with van der Waals surface area (Å²) in [7, 11) is 1.60. The zero-order chi connectivity index (χ0) is 15.4. The summed E-state index contributed by atoms with van der Waals surface area (Å²) in [5.74, 6) is 2.17. The van der Waals surface area contributed by atoms with Gasteiger partial charge in [0.25, 0.3) is 0 Å². The van der Waals surface area contributed by atoms with E-state index in [0.29, 0.717) is 34.9 Å². The summed E-state index contributed by atoms with van der Waals surface area (Å²) in [6, 6.07) is 7.81. The average Bonchev–Trinajstić information content (AvgIpc) is 3.05. The van der Waals surface area contributed by atoms with Crippen LogP contribution < -0.4 is 20.5 Å². The lowest BCUT2D eigenvalue weighted by Crippen LogP contribution is -2.17. The Hall–Kier alpha value is -2.50. The maximum Gasteiger partial charge on any atom is 0.248 e. The first-order valence-electron chi connectivity index (χ1n) is 7.46. The van der Waals surface area contributed by atoms with E-state index in [1.54, 1.807) is 7.11 Å². The molecule has 6 nitrogen and oxygen atoms in total. The van der Waals surface area contributed by atoms with Gasteiger partial charge in [-0.05, 0) is 25.0 Å². The van der Waals surface area contributed by atoms with Crippen molar-refractivity contribution in [1.82, 2.24) is 9.97 Å². The Balaban J connectivity index is 1.81. The minimum absolute atomic E-state index is 0.333. The van der Waals surface area contributed by atoms with Crippen molar-refractivity contribution in [2.75, 3.05) is 18.2 Å². The van der Waals surface area contributed by atoms with E-state index >= 15 is 0 Å². The number of nitrogens with one attached hydrogen (secondary N) is 1. The number of para-hydroxylation sites is 2. The van der Waals surface area contributed by atoms with Crippen molar-refractivity contribution in [1.29, 1.82) is 0 Å². The molecule has 0 amide bonds. The molecule has 0 aliphatic heterocycles. The number of hydrogen-bond acceptors (Lipinski definition) is 6. The highest BCUT2D eigenvalue weighted by molar-refractivity contribution is 5.67. The maximum atomic E-state index is 6.15. The van der Waals surface area contributed by atoms with Crippen molar-refractivity contribution >= 4 is 11.5 Å². The highest BCUT2D eigenvalue weighted by Gasteiger charge is 2.18. The van der Waals surface area contributed by atoms with Crippen LogP contribution in [-0.2, 0) is 0 Å². The second kappa shape index (κ2) is 6.51. The Labute approximate surface area is 129 Å². The van der Waals surface area contributed by atoms with E-state index in [-0.39, 0.29) is 0 Å². The summed E-state index contributed by atoms with van der Waals surface area (Å²) in [6.07, 6.45) is 6.23. The van der Waals surface area contributed by atoms with Crippen molar-refractivity contribution in [3.8, 4) is 17.4 Å². The lowest BCUT2D eigenvalue weighted by molar-refractivity contribution is 0.374. The Morgan fingerprint density at radius 2 is 1.86 bits per heavy atom. The van der Waals surface area contributed by atoms with Crippen molar-refractivity contribution in [2.45, 2.75) is 31.7 Å². The van der Waals surface area contributed by atoms with Crippen LogP contribution in [0.3, 0.4) is 0 Å². The van der Waals surface area contributed by atoms with E-state index in [0.717, 1.165) is 12.8 Å². The number of rotatable bonds is 5. The number of aromatic nitrogens is 2. The Morgan fingerprint density at radius 3 is 2.59 bits per heavy atom. The summed E-state index contributed by atoms with van der Waals surface area (Å²) in [4.78, 5) is 8.36. The lowest BCUT2D eigenvalue weighted by Gasteiger charge is -2.16. The third kappa shape index (κ3) is 3.05. The molecule has 1 aliphatic carbocycles. The molecule has 6 heteroatoms. The number of methoxy groups -OCH3 is 1. The van der Waals surface area contributed by atoms with Gasteiger partial charge in [0.15, 0.2) is 17.3 Å². The van der Waals surface area contributed by atoms with Crippen LogP contribution in [0.2, 0.25) is 0 Å². The molecule has 1 fully saturated rings. The molecule has 3 rings (SSSR count). The average molecular weight is 300 g/mol. The third-order valence-electron chi connectivity index (χ3n) is 3.82. The maximum absolute atomic E-state index is 6.15. The standard InChI is InChI=1S/C16H20N4O2/c1-21-12-8-4-5-9-13(12)22-16-14(17)15(18-10-19-16)20-11-6-2-3-7-11/h4-5,8-11H,2-3,6-7,17H2,1H3,(H,18,19,20). The molecule has 1 aromatic heterocycles. The van der Waals surface area contributed by atoms with Crippen LogP contribution in [0.5, 0.6) is 17.4 Å². The first kappa shape index (κ1) is 14.4. The monoisotopic (exact) mass is 300 g/mol. The third-order valence-corrected chi connectivity index (χ3v) is 3.82. The molecule has 1 aromatic carbocycles. The zero-order valence-corrected chi connectivity index (χ0v) is 12.6. The molecule has 2 aromatic rings. The molecule has 1 heterocycles. The van der Waals surface area contributed by atoms with E-state index in [4.69, 9.17) is 15.2 Å². The number of benzene rings is 1. The van der Waals surface area contributed by atoms with Gasteiger partial charge in [0, 0.05) is 6.04 Å². The fourth-order valence-corrected chi connectivity index (χ4v) is 2.65. The molecule has 116 valence electrons. The largest absolute Gasteiger partial charge is 0.493 e. The smallest absolute Gasteiger partial charge is 0.248 e. The van der Waals surface area contributed by atoms with E-state index in [1.807, 2.05) is 24.3 Å². The molecule has 22 heavy (non-hydrogen) atoms.